The summed E-state index contributed by atoms with van der Waals surface area (Å²) in [6, 6.07) is 6.81. The second-order valence-corrected chi connectivity index (χ2v) is 10.2. The summed E-state index contributed by atoms with van der Waals surface area (Å²) in [5.41, 5.74) is 3.71. The molecule has 1 N–H and O–H groups in total. The summed E-state index contributed by atoms with van der Waals surface area (Å²) in [5.74, 6) is -0.948. The molecule has 0 aliphatic heterocycles. The average Bonchev–Trinajstić information content (AvgIpc) is 2.70. The number of hydrogen-bond acceptors (Lipinski definition) is 4. The van der Waals surface area contributed by atoms with Gasteiger partial charge in [-0.25, -0.2) is 0 Å². The number of aliphatic carboxylic acids is 1. The number of fused-ring (bicyclic) bond motifs is 3. The van der Waals surface area contributed by atoms with Gasteiger partial charge in [-0.05, 0) is 67.6 Å². The van der Waals surface area contributed by atoms with Crippen molar-refractivity contribution in [2.45, 2.75) is 83.7 Å². The van der Waals surface area contributed by atoms with Crippen LogP contribution in [0.25, 0.3) is 0 Å². The normalized spacial score (nSPS) is 28.4. The fraction of sp³-hybridized carbons (Fsp3) is 0.680. The zero-order valence-electron chi connectivity index (χ0n) is 19.0. The van der Waals surface area contributed by atoms with Gasteiger partial charge in [0.05, 0.1) is 25.0 Å². The van der Waals surface area contributed by atoms with Crippen molar-refractivity contribution in [3.8, 4) is 0 Å². The van der Waals surface area contributed by atoms with Crippen LogP contribution < -0.4 is 0 Å². The van der Waals surface area contributed by atoms with Gasteiger partial charge in [0.2, 0.25) is 0 Å². The van der Waals surface area contributed by atoms with Crippen molar-refractivity contribution in [2.75, 3.05) is 13.7 Å². The summed E-state index contributed by atoms with van der Waals surface area (Å²) >= 11 is 0. The number of carbonyl (C=O) groups excluding carboxylic acids is 1. The lowest BCUT2D eigenvalue weighted by atomic mass is 9.50. The van der Waals surface area contributed by atoms with Gasteiger partial charge in [0.15, 0.2) is 0 Å². The fourth-order valence-electron chi connectivity index (χ4n) is 5.82. The number of carboxylic acids is 1. The first-order chi connectivity index (χ1) is 14.0. The summed E-state index contributed by atoms with van der Waals surface area (Å²) in [4.78, 5) is 22.7. The molecule has 5 heteroatoms. The molecule has 0 spiro atoms. The van der Waals surface area contributed by atoms with Crippen molar-refractivity contribution >= 4 is 11.9 Å². The van der Waals surface area contributed by atoms with E-state index < -0.39 is 11.9 Å². The van der Waals surface area contributed by atoms with E-state index in [1.165, 1.54) is 16.7 Å². The van der Waals surface area contributed by atoms with Gasteiger partial charge in [-0.2, -0.15) is 0 Å². The average molecular weight is 417 g/mol. The van der Waals surface area contributed by atoms with E-state index in [0.717, 1.165) is 32.1 Å². The number of esters is 1. The Hall–Kier alpha value is -1.88. The first-order valence-corrected chi connectivity index (χ1v) is 11.1. The monoisotopic (exact) mass is 416 g/mol. The van der Waals surface area contributed by atoms with Gasteiger partial charge in [-0.3, -0.25) is 9.59 Å². The van der Waals surface area contributed by atoms with Gasteiger partial charge in [0.1, 0.15) is 0 Å². The molecule has 166 valence electrons. The van der Waals surface area contributed by atoms with E-state index in [9.17, 15) is 9.59 Å². The minimum Gasteiger partial charge on any atom is -0.481 e. The van der Waals surface area contributed by atoms with Crippen molar-refractivity contribution in [1.29, 1.82) is 0 Å². The fourth-order valence-corrected chi connectivity index (χ4v) is 5.82. The summed E-state index contributed by atoms with van der Waals surface area (Å²) < 4.78 is 11.3. The van der Waals surface area contributed by atoms with E-state index in [2.05, 4.69) is 45.9 Å². The van der Waals surface area contributed by atoms with Gasteiger partial charge in [-0.1, -0.05) is 38.5 Å². The molecular weight excluding hydrogens is 380 g/mol. The van der Waals surface area contributed by atoms with Crippen LogP contribution in [0.2, 0.25) is 0 Å². The highest BCUT2D eigenvalue weighted by molar-refractivity contribution is 5.76. The number of benzene rings is 1. The van der Waals surface area contributed by atoms with Crippen LogP contribution in [0.4, 0.5) is 0 Å². The Morgan fingerprint density at radius 2 is 1.93 bits per heavy atom. The zero-order valence-corrected chi connectivity index (χ0v) is 19.0. The van der Waals surface area contributed by atoms with E-state index in [1.54, 1.807) is 7.11 Å². The van der Waals surface area contributed by atoms with Gasteiger partial charge >= 0.3 is 11.9 Å². The highest BCUT2D eigenvalue weighted by Gasteiger charge is 2.52. The van der Waals surface area contributed by atoms with E-state index in [-0.39, 0.29) is 29.3 Å². The number of carbonyl (C=O) groups is 2. The predicted octanol–water partition coefficient (Wildman–Crippen LogP) is 4.99. The van der Waals surface area contributed by atoms with E-state index >= 15 is 0 Å². The number of methoxy groups -OCH3 is 1. The molecule has 0 heterocycles. The van der Waals surface area contributed by atoms with Crippen molar-refractivity contribution < 1.29 is 24.2 Å². The van der Waals surface area contributed by atoms with Crippen molar-refractivity contribution in [3.63, 3.8) is 0 Å². The molecule has 0 amide bonds. The maximum absolute atomic E-state index is 12.0. The summed E-state index contributed by atoms with van der Waals surface area (Å²) in [7, 11) is 1.75. The van der Waals surface area contributed by atoms with Crippen LogP contribution >= 0.6 is 0 Å². The molecule has 1 fully saturated rings. The molecule has 30 heavy (non-hydrogen) atoms. The van der Waals surface area contributed by atoms with E-state index in [0.29, 0.717) is 12.5 Å². The van der Waals surface area contributed by atoms with Crippen LogP contribution in [0.3, 0.4) is 0 Å². The molecule has 3 rings (SSSR count). The van der Waals surface area contributed by atoms with E-state index in [1.807, 2.05) is 0 Å². The molecule has 2 aliphatic carbocycles. The number of carboxylic acid groups (broad SMARTS) is 1. The molecule has 1 aromatic carbocycles. The highest BCUT2D eigenvalue weighted by Crippen LogP contribution is 2.57. The second-order valence-electron chi connectivity index (χ2n) is 10.2. The molecule has 0 bridgehead atoms. The predicted molar refractivity (Wildman–Crippen MR) is 115 cm³/mol. The number of ether oxygens (including phenoxy) is 2. The number of aryl methyl sites for hydroxylation is 1. The Balaban J connectivity index is 1.81. The third-order valence-corrected chi connectivity index (χ3v) is 7.79. The standard InChI is InChI=1S/C25H36O5/c1-23(2,29-5)18-8-9-19-17(15-18)7-10-20-24(3,13-6-14-25(19,20)4)16-30-22(28)12-11-21(26)27/h8-9,15,20H,6-7,10-14,16H2,1-5H3,(H,26,27). The van der Waals surface area contributed by atoms with Crippen LogP contribution in [0.15, 0.2) is 18.2 Å². The molecule has 3 atom stereocenters. The van der Waals surface area contributed by atoms with E-state index in [4.69, 9.17) is 14.6 Å². The molecule has 0 aromatic heterocycles. The second kappa shape index (κ2) is 8.33. The minimum absolute atomic E-state index is 0.0593. The van der Waals surface area contributed by atoms with Gasteiger partial charge in [-0.15, -0.1) is 0 Å². The van der Waals surface area contributed by atoms with Crippen LogP contribution in [0.1, 0.15) is 82.9 Å². The maximum atomic E-state index is 12.0. The largest absolute Gasteiger partial charge is 0.481 e. The Labute approximate surface area is 180 Å². The minimum atomic E-state index is -0.969. The smallest absolute Gasteiger partial charge is 0.306 e. The third-order valence-electron chi connectivity index (χ3n) is 7.79. The van der Waals surface area contributed by atoms with Crippen molar-refractivity contribution in [3.05, 3.63) is 34.9 Å². The lowest BCUT2D eigenvalue weighted by Gasteiger charge is -2.55. The number of hydrogen-bond donors (Lipinski definition) is 1. The summed E-state index contributed by atoms with van der Waals surface area (Å²) in [5, 5.41) is 8.78. The van der Waals surface area contributed by atoms with Crippen molar-refractivity contribution in [1.82, 2.24) is 0 Å². The molecule has 5 nitrogen and oxygen atoms in total. The molecule has 0 radical (unpaired) electrons. The first kappa shape index (κ1) is 22.8. The topological polar surface area (TPSA) is 72.8 Å². The quantitative estimate of drug-likeness (QED) is 0.634. The van der Waals surface area contributed by atoms with Crippen LogP contribution in [0.5, 0.6) is 0 Å². The zero-order chi connectivity index (χ0) is 22.2. The lowest BCUT2D eigenvalue weighted by Crippen LogP contribution is -2.51. The maximum Gasteiger partial charge on any atom is 0.306 e. The molecular formula is C25H36O5. The Morgan fingerprint density at radius 1 is 1.20 bits per heavy atom. The molecule has 2 aliphatic rings. The van der Waals surface area contributed by atoms with Crippen molar-refractivity contribution in [2.24, 2.45) is 11.3 Å². The molecule has 1 aromatic rings. The van der Waals surface area contributed by atoms with Crippen LogP contribution in [-0.2, 0) is 36.5 Å². The SMILES string of the molecule is COC(C)(C)c1ccc2c(c1)CCC1C(C)(COC(=O)CCC(=O)O)CCCC21C. The Bertz CT molecular complexity index is 814. The Morgan fingerprint density at radius 3 is 2.60 bits per heavy atom. The highest BCUT2D eigenvalue weighted by atomic mass is 16.5. The van der Waals surface area contributed by atoms with Crippen LogP contribution in [-0.4, -0.2) is 30.8 Å². The van der Waals surface area contributed by atoms with Gasteiger partial charge in [0.25, 0.3) is 0 Å². The van der Waals surface area contributed by atoms with Crippen LogP contribution in [0, 0.1) is 11.3 Å². The molecule has 0 saturated heterocycles. The first-order valence-electron chi connectivity index (χ1n) is 11.1. The molecule has 1 saturated carbocycles. The Kier molecular flexibility index (Phi) is 6.33. The van der Waals surface area contributed by atoms with Gasteiger partial charge in [0, 0.05) is 12.5 Å². The number of rotatable bonds is 7. The lowest BCUT2D eigenvalue weighted by molar-refractivity contribution is -0.153. The summed E-state index contributed by atoms with van der Waals surface area (Å²) in [6.07, 6.45) is 5.12. The summed E-state index contributed by atoms with van der Waals surface area (Å²) in [6.45, 7) is 9.18. The molecule has 3 unspecified atom stereocenters. The third kappa shape index (κ3) is 4.27. The van der Waals surface area contributed by atoms with Gasteiger partial charge < -0.3 is 14.6 Å².